The van der Waals surface area contributed by atoms with E-state index in [4.69, 9.17) is 11.6 Å². The van der Waals surface area contributed by atoms with E-state index in [0.717, 1.165) is 6.54 Å². The second-order valence-corrected chi connectivity index (χ2v) is 6.48. The first kappa shape index (κ1) is 15.2. The predicted molar refractivity (Wildman–Crippen MR) is 75.6 cm³/mol. The summed E-state index contributed by atoms with van der Waals surface area (Å²) in [6.45, 7) is 9.49. The Morgan fingerprint density at radius 1 is 1.56 bits per heavy atom. The van der Waals surface area contributed by atoms with Crippen molar-refractivity contribution in [1.82, 2.24) is 4.98 Å². The zero-order valence-electron chi connectivity index (χ0n) is 11.3. The molecule has 0 saturated heterocycles. The molecule has 1 aromatic heterocycles. The fraction of sp³-hybridized carbons (Fsp3) is 0.667. The summed E-state index contributed by atoms with van der Waals surface area (Å²) in [6.07, 6.45) is 0. The molecule has 1 heterocycles. The summed E-state index contributed by atoms with van der Waals surface area (Å²) >= 11 is 7.11. The van der Waals surface area contributed by atoms with Crippen molar-refractivity contribution in [3.05, 3.63) is 10.0 Å². The van der Waals surface area contributed by atoms with Crippen molar-refractivity contribution in [1.29, 1.82) is 0 Å². The normalized spacial score (nSPS) is 11.7. The first-order chi connectivity index (χ1) is 8.27. The van der Waals surface area contributed by atoms with Gasteiger partial charge < -0.3 is 10.1 Å². The van der Waals surface area contributed by atoms with Crippen molar-refractivity contribution in [2.75, 3.05) is 19.0 Å². The molecule has 0 aliphatic carbocycles. The predicted octanol–water partition coefficient (Wildman–Crippen LogP) is 3.68. The number of carbonyl (C=O) groups is 1. The fourth-order valence-electron chi connectivity index (χ4n) is 1.10. The van der Waals surface area contributed by atoms with E-state index in [0.29, 0.717) is 15.9 Å². The van der Waals surface area contributed by atoms with Crippen LogP contribution in [0.2, 0.25) is 5.15 Å². The third kappa shape index (κ3) is 3.59. The van der Waals surface area contributed by atoms with Crippen LogP contribution in [0.3, 0.4) is 0 Å². The monoisotopic (exact) mass is 290 g/mol. The first-order valence-electron chi connectivity index (χ1n) is 5.76. The van der Waals surface area contributed by atoms with Crippen LogP contribution in [-0.2, 0) is 4.74 Å². The first-order valence-corrected chi connectivity index (χ1v) is 6.96. The van der Waals surface area contributed by atoms with Gasteiger partial charge in [-0.1, -0.05) is 50.6 Å². The largest absolute Gasteiger partial charge is 0.465 e. The molecule has 0 amide bonds. The molecular formula is C12H19ClN2O2S. The van der Waals surface area contributed by atoms with Gasteiger partial charge >= 0.3 is 5.97 Å². The van der Waals surface area contributed by atoms with Crippen LogP contribution < -0.4 is 5.32 Å². The number of halogens is 1. The van der Waals surface area contributed by atoms with Crippen LogP contribution in [0, 0.1) is 11.3 Å². The van der Waals surface area contributed by atoms with Gasteiger partial charge in [-0.25, -0.2) is 9.78 Å². The molecule has 1 N–H and O–H groups in total. The number of hydrogen-bond donors (Lipinski definition) is 1. The second-order valence-electron chi connectivity index (χ2n) is 5.13. The van der Waals surface area contributed by atoms with Crippen molar-refractivity contribution < 1.29 is 9.53 Å². The summed E-state index contributed by atoms with van der Waals surface area (Å²) in [6, 6.07) is 0. The molecule has 0 aliphatic rings. The lowest BCUT2D eigenvalue weighted by Crippen LogP contribution is -2.28. The standard InChI is InChI=1S/C12H19ClN2O2S/c1-7(2)12(3,4)6-14-11-15-9(13)8(18-11)10(16)17-5/h7H,6H2,1-5H3,(H,14,15). The van der Waals surface area contributed by atoms with Crippen LogP contribution in [0.25, 0.3) is 0 Å². The number of nitrogens with one attached hydrogen (secondary N) is 1. The molecule has 6 heteroatoms. The number of thiazole rings is 1. The number of esters is 1. The minimum atomic E-state index is -0.450. The van der Waals surface area contributed by atoms with E-state index in [9.17, 15) is 4.79 Å². The molecule has 0 radical (unpaired) electrons. The topological polar surface area (TPSA) is 51.2 Å². The Morgan fingerprint density at radius 2 is 2.17 bits per heavy atom. The Labute approximate surface area is 117 Å². The highest BCUT2D eigenvalue weighted by Gasteiger charge is 2.23. The molecule has 1 rings (SSSR count). The van der Waals surface area contributed by atoms with Crippen LogP contribution >= 0.6 is 22.9 Å². The SMILES string of the molecule is COC(=O)c1sc(NCC(C)(C)C(C)C)nc1Cl. The zero-order chi connectivity index (χ0) is 13.9. The van der Waals surface area contributed by atoms with Crippen molar-refractivity contribution in [3.8, 4) is 0 Å². The Kier molecular flexibility index (Phi) is 4.99. The highest BCUT2D eigenvalue weighted by atomic mass is 35.5. The second kappa shape index (κ2) is 5.89. The summed E-state index contributed by atoms with van der Waals surface area (Å²) in [5.74, 6) is 0.0918. The Bertz CT molecular complexity index is 430. The van der Waals surface area contributed by atoms with Crippen molar-refractivity contribution in [2.45, 2.75) is 27.7 Å². The maximum atomic E-state index is 11.4. The average molecular weight is 291 g/mol. The van der Waals surface area contributed by atoms with E-state index in [-0.39, 0.29) is 10.6 Å². The molecule has 0 aliphatic heterocycles. The highest BCUT2D eigenvalue weighted by Crippen LogP contribution is 2.30. The minimum absolute atomic E-state index is 0.142. The van der Waals surface area contributed by atoms with E-state index >= 15 is 0 Å². The lowest BCUT2D eigenvalue weighted by Gasteiger charge is -2.29. The van der Waals surface area contributed by atoms with Gasteiger partial charge in [0.1, 0.15) is 0 Å². The van der Waals surface area contributed by atoms with Crippen LogP contribution in [0.5, 0.6) is 0 Å². The number of carbonyl (C=O) groups excluding carboxylic acids is 1. The molecule has 4 nitrogen and oxygen atoms in total. The number of rotatable bonds is 5. The molecule has 0 atom stereocenters. The van der Waals surface area contributed by atoms with Gasteiger partial charge in [0.05, 0.1) is 7.11 Å². The Morgan fingerprint density at radius 3 is 2.67 bits per heavy atom. The van der Waals surface area contributed by atoms with Gasteiger partial charge in [-0.3, -0.25) is 0 Å². The molecule has 0 bridgehead atoms. The maximum Gasteiger partial charge on any atom is 0.351 e. The minimum Gasteiger partial charge on any atom is -0.465 e. The third-order valence-corrected chi connectivity index (χ3v) is 4.59. The molecule has 18 heavy (non-hydrogen) atoms. The van der Waals surface area contributed by atoms with Gasteiger partial charge in [0.15, 0.2) is 15.2 Å². The van der Waals surface area contributed by atoms with Crippen LogP contribution in [0.1, 0.15) is 37.4 Å². The average Bonchev–Trinajstić information content (AvgIpc) is 2.67. The van der Waals surface area contributed by atoms with E-state index in [2.05, 4.69) is 42.7 Å². The number of hydrogen-bond acceptors (Lipinski definition) is 5. The summed E-state index contributed by atoms with van der Waals surface area (Å²) in [5.41, 5.74) is 0.142. The summed E-state index contributed by atoms with van der Waals surface area (Å²) in [5, 5.41) is 4.06. The number of ether oxygens (including phenoxy) is 1. The molecule has 1 aromatic rings. The van der Waals surface area contributed by atoms with Crippen molar-refractivity contribution in [2.24, 2.45) is 11.3 Å². The molecular weight excluding hydrogens is 272 g/mol. The van der Waals surface area contributed by atoms with Gasteiger partial charge in [0, 0.05) is 6.54 Å². The van der Waals surface area contributed by atoms with Crippen LogP contribution in [0.4, 0.5) is 5.13 Å². The number of anilines is 1. The summed E-state index contributed by atoms with van der Waals surface area (Å²) < 4.78 is 4.63. The van der Waals surface area contributed by atoms with E-state index in [1.807, 2.05) is 0 Å². The van der Waals surface area contributed by atoms with Gasteiger partial charge in [-0.2, -0.15) is 0 Å². The Hall–Kier alpha value is -0.810. The van der Waals surface area contributed by atoms with Gasteiger partial charge in [0.2, 0.25) is 0 Å². The molecule has 0 spiro atoms. The smallest absolute Gasteiger partial charge is 0.351 e. The number of aromatic nitrogens is 1. The van der Waals surface area contributed by atoms with E-state index in [1.165, 1.54) is 18.4 Å². The van der Waals surface area contributed by atoms with Crippen molar-refractivity contribution >= 4 is 34.0 Å². The molecule has 0 saturated carbocycles. The zero-order valence-corrected chi connectivity index (χ0v) is 12.9. The number of nitrogens with zero attached hydrogens (tertiary/aromatic N) is 1. The van der Waals surface area contributed by atoms with Crippen LogP contribution in [-0.4, -0.2) is 24.6 Å². The quantitative estimate of drug-likeness (QED) is 0.841. The molecule has 0 fully saturated rings. The third-order valence-electron chi connectivity index (χ3n) is 3.21. The van der Waals surface area contributed by atoms with Gasteiger partial charge in [0.25, 0.3) is 0 Å². The Balaban J connectivity index is 2.73. The highest BCUT2D eigenvalue weighted by molar-refractivity contribution is 7.18. The van der Waals surface area contributed by atoms with Crippen molar-refractivity contribution in [3.63, 3.8) is 0 Å². The molecule has 0 aromatic carbocycles. The van der Waals surface area contributed by atoms with Gasteiger partial charge in [-0.05, 0) is 11.3 Å². The lowest BCUT2D eigenvalue weighted by atomic mass is 9.81. The molecule has 0 unspecified atom stereocenters. The summed E-state index contributed by atoms with van der Waals surface area (Å²) in [4.78, 5) is 15.8. The fourth-order valence-corrected chi connectivity index (χ4v) is 2.20. The van der Waals surface area contributed by atoms with Gasteiger partial charge in [-0.15, -0.1) is 0 Å². The lowest BCUT2D eigenvalue weighted by molar-refractivity contribution is 0.0606. The summed E-state index contributed by atoms with van der Waals surface area (Å²) in [7, 11) is 1.33. The maximum absolute atomic E-state index is 11.4. The molecule has 102 valence electrons. The number of methoxy groups -OCH3 is 1. The van der Waals surface area contributed by atoms with Crippen LogP contribution in [0.15, 0.2) is 0 Å². The van der Waals surface area contributed by atoms with E-state index in [1.54, 1.807) is 0 Å². The van der Waals surface area contributed by atoms with E-state index < -0.39 is 5.97 Å².